The van der Waals surface area contributed by atoms with Crippen molar-refractivity contribution >= 4 is 40.2 Å². The quantitative estimate of drug-likeness (QED) is 0.284. The average molecular weight is 607 g/mol. The molecule has 1 unspecified atom stereocenters. The van der Waals surface area contributed by atoms with Gasteiger partial charge in [0.15, 0.2) is 0 Å². The number of hydrogen-bond donors (Lipinski definition) is 2. The molecule has 1 aromatic carbocycles. The van der Waals surface area contributed by atoms with Crippen molar-refractivity contribution in [3.63, 3.8) is 0 Å². The maximum atomic E-state index is 13.2. The molecule has 4 amide bonds. The number of aromatic nitrogens is 5. The van der Waals surface area contributed by atoms with Gasteiger partial charge in [-0.25, -0.2) is 0 Å². The summed E-state index contributed by atoms with van der Waals surface area (Å²) in [4.78, 5) is 55.8. The van der Waals surface area contributed by atoms with E-state index < -0.39 is 29.7 Å². The van der Waals surface area contributed by atoms with Crippen LogP contribution in [0.1, 0.15) is 96.8 Å². The van der Waals surface area contributed by atoms with Crippen molar-refractivity contribution in [2.24, 2.45) is 5.92 Å². The van der Waals surface area contributed by atoms with E-state index >= 15 is 0 Å². The van der Waals surface area contributed by atoms with Gasteiger partial charge in [-0.15, -0.1) is 0 Å². The fourth-order valence-electron chi connectivity index (χ4n) is 6.87. The molecule has 2 N–H and O–H groups in total. The largest absolute Gasteiger partial charge is 0.385 e. The number of pyridine rings is 1. The Morgan fingerprint density at radius 3 is 2.53 bits per heavy atom. The van der Waals surface area contributed by atoms with Gasteiger partial charge in [-0.3, -0.25) is 43.7 Å². The molecule has 0 bridgehead atoms. The van der Waals surface area contributed by atoms with Crippen LogP contribution in [0.4, 0.5) is 5.69 Å². The lowest BCUT2D eigenvalue weighted by molar-refractivity contribution is -0.136. The molecule has 45 heavy (non-hydrogen) atoms. The summed E-state index contributed by atoms with van der Waals surface area (Å²) < 4.78 is 4.17. The van der Waals surface area contributed by atoms with E-state index in [1.165, 1.54) is 0 Å². The summed E-state index contributed by atoms with van der Waals surface area (Å²) in [6.45, 7) is 4.99. The second-order valence-electron chi connectivity index (χ2n) is 13.1. The molecular formula is C33H34N8O4. The van der Waals surface area contributed by atoms with Crippen molar-refractivity contribution in [2.45, 2.75) is 76.4 Å². The number of imide groups is 2. The van der Waals surface area contributed by atoms with Gasteiger partial charge in [-0.1, -0.05) is 0 Å². The van der Waals surface area contributed by atoms with E-state index in [1.54, 1.807) is 18.2 Å². The SMILES string of the molecule is CC(C)n1ncc2cnc(-c3cn(C4CC(CNc5ccc6c(c5)C(=O)N(C5CCC(=O)NC5=O)C6=O)C4)nc3C3CC3)cc21. The second-order valence-corrected chi connectivity index (χ2v) is 13.1. The Morgan fingerprint density at radius 1 is 0.978 bits per heavy atom. The van der Waals surface area contributed by atoms with Crippen molar-refractivity contribution in [2.75, 3.05) is 11.9 Å². The lowest BCUT2D eigenvalue weighted by Gasteiger charge is -2.35. The van der Waals surface area contributed by atoms with Crippen molar-refractivity contribution in [1.29, 1.82) is 0 Å². The van der Waals surface area contributed by atoms with Crippen LogP contribution in [0.2, 0.25) is 0 Å². The molecule has 12 nitrogen and oxygen atoms in total. The van der Waals surface area contributed by atoms with Gasteiger partial charge in [0, 0.05) is 54.0 Å². The van der Waals surface area contributed by atoms with Gasteiger partial charge in [-0.05, 0) is 76.1 Å². The number of nitrogens with zero attached hydrogens (tertiary/aromatic N) is 6. The number of benzene rings is 1. The number of carbonyl (C=O) groups is 4. The number of hydrogen-bond acceptors (Lipinski definition) is 8. The van der Waals surface area contributed by atoms with Crippen LogP contribution in [0, 0.1) is 5.92 Å². The van der Waals surface area contributed by atoms with Crippen molar-refractivity contribution in [3.8, 4) is 11.3 Å². The molecule has 4 aliphatic rings. The zero-order valence-electron chi connectivity index (χ0n) is 25.2. The van der Waals surface area contributed by atoms with Gasteiger partial charge in [0.25, 0.3) is 11.8 Å². The molecule has 5 heterocycles. The molecule has 3 aromatic heterocycles. The Balaban J connectivity index is 0.930. The lowest BCUT2D eigenvalue weighted by atomic mass is 9.80. The minimum atomic E-state index is -0.969. The smallest absolute Gasteiger partial charge is 0.262 e. The average Bonchev–Trinajstić information content (AvgIpc) is 3.52. The molecule has 1 saturated heterocycles. The molecule has 2 saturated carbocycles. The Bertz CT molecular complexity index is 1900. The van der Waals surface area contributed by atoms with E-state index in [0.29, 0.717) is 17.9 Å². The van der Waals surface area contributed by atoms with E-state index in [2.05, 4.69) is 46.5 Å². The van der Waals surface area contributed by atoms with Gasteiger partial charge in [0.2, 0.25) is 11.8 Å². The third-order valence-corrected chi connectivity index (χ3v) is 9.59. The van der Waals surface area contributed by atoms with Crippen molar-refractivity contribution in [3.05, 3.63) is 59.7 Å². The van der Waals surface area contributed by atoms with E-state index in [1.807, 2.05) is 17.1 Å². The lowest BCUT2D eigenvalue weighted by Crippen LogP contribution is -2.54. The summed E-state index contributed by atoms with van der Waals surface area (Å²) in [7, 11) is 0. The minimum Gasteiger partial charge on any atom is -0.385 e. The topological polar surface area (TPSA) is 144 Å². The zero-order chi connectivity index (χ0) is 31.0. The molecule has 3 fully saturated rings. The third kappa shape index (κ3) is 4.70. The fourth-order valence-corrected chi connectivity index (χ4v) is 6.87. The van der Waals surface area contributed by atoms with Crippen LogP contribution in [-0.2, 0) is 9.59 Å². The molecule has 230 valence electrons. The molecule has 1 atom stereocenters. The van der Waals surface area contributed by atoms with Crippen LogP contribution >= 0.6 is 0 Å². The van der Waals surface area contributed by atoms with Crippen LogP contribution in [0.15, 0.2) is 42.9 Å². The van der Waals surface area contributed by atoms with Crippen LogP contribution in [0.5, 0.6) is 0 Å². The van der Waals surface area contributed by atoms with E-state index in [9.17, 15) is 19.2 Å². The first-order valence-electron chi connectivity index (χ1n) is 15.8. The molecule has 2 aliphatic heterocycles. The molecule has 4 aromatic rings. The third-order valence-electron chi connectivity index (χ3n) is 9.59. The maximum Gasteiger partial charge on any atom is 0.262 e. The highest BCUT2D eigenvalue weighted by Gasteiger charge is 2.44. The van der Waals surface area contributed by atoms with E-state index in [0.717, 1.165) is 70.7 Å². The fraction of sp³-hybridized carbons (Fsp3) is 0.424. The van der Waals surface area contributed by atoms with Gasteiger partial charge in [-0.2, -0.15) is 10.2 Å². The van der Waals surface area contributed by atoms with E-state index in [-0.39, 0.29) is 30.0 Å². The summed E-state index contributed by atoms with van der Waals surface area (Å²) in [5.74, 6) is -1.07. The standard InChI is InChI=1S/C33H34N8O4/c1-17(2)41-28-12-26(35-14-20(28)15-36-41)25-16-39(38-30(25)19-3-4-19)22-9-18(10-22)13-34-21-5-6-23-24(11-21)33(45)40(32(23)44)27-7-8-29(42)37-31(27)43/h5-6,11-12,14-19,22,27,34H,3-4,7-10,13H2,1-2H3,(H,37,42,43). The minimum absolute atomic E-state index is 0.0954. The second kappa shape index (κ2) is 10.4. The first kappa shape index (κ1) is 27.7. The van der Waals surface area contributed by atoms with Crippen LogP contribution in [0.3, 0.4) is 0 Å². The summed E-state index contributed by atoms with van der Waals surface area (Å²) in [6.07, 6.45) is 10.5. The summed E-state index contributed by atoms with van der Waals surface area (Å²) in [5, 5.41) is 16.3. The predicted octanol–water partition coefficient (Wildman–Crippen LogP) is 4.22. The highest BCUT2D eigenvalue weighted by Crippen LogP contribution is 2.46. The molecule has 8 rings (SSSR count). The van der Waals surface area contributed by atoms with E-state index in [4.69, 9.17) is 10.1 Å². The number of carbonyl (C=O) groups excluding carboxylic acids is 4. The Hall–Kier alpha value is -4.87. The molecular weight excluding hydrogens is 572 g/mol. The van der Waals surface area contributed by atoms with Gasteiger partial charge >= 0.3 is 0 Å². The maximum absolute atomic E-state index is 13.2. The monoisotopic (exact) mass is 606 g/mol. The van der Waals surface area contributed by atoms with Crippen molar-refractivity contribution < 1.29 is 19.2 Å². The normalized spacial score (nSPS) is 23.1. The highest BCUT2D eigenvalue weighted by molar-refractivity contribution is 6.23. The number of anilines is 1. The summed E-state index contributed by atoms with van der Waals surface area (Å²) in [5.41, 5.74) is 5.59. The summed E-state index contributed by atoms with van der Waals surface area (Å²) >= 11 is 0. The first-order valence-corrected chi connectivity index (χ1v) is 15.8. The number of amides is 4. The van der Waals surface area contributed by atoms with Gasteiger partial charge < -0.3 is 5.32 Å². The first-order chi connectivity index (χ1) is 21.7. The van der Waals surface area contributed by atoms with Crippen molar-refractivity contribution in [1.82, 2.24) is 34.8 Å². The van der Waals surface area contributed by atoms with Gasteiger partial charge in [0.05, 0.1) is 40.3 Å². The number of nitrogens with one attached hydrogen (secondary N) is 2. The Morgan fingerprint density at radius 2 is 1.78 bits per heavy atom. The Kier molecular flexibility index (Phi) is 6.36. The highest BCUT2D eigenvalue weighted by atomic mass is 16.2. The number of piperidine rings is 1. The number of rotatable bonds is 8. The van der Waals surface area contributed by atoms with Gasteiger partial charge in [0.1, 0.15) is 6.04 Å². The number of fused-ring (bicyclic) bond motifs is 2. The molecule has 12 heteroatoms. The van der Waals surface area contributed by atoms with Crippen LogP contribution in [-0.4, -0.2) is 65.7 Å². The summed E-state index contributed by atoms with van der Waals surface area (Å²) in [6, 6.07) is 6.87. The Labute approximate surface area is 259 Å². The zero-order valence-corrected chi connectivity index (χ0v) is 25.2. The predicted molar refractivity (Wildman–Crippen MR) is 164 cm³/mol. The molecule has 0 spiro atoms. The van der Waals surface area contributed by atoms with Crippen LogP contribution < -0.4 is 10.6 Å². The molecule has 0 radical (unpaired) electrons. The van der Waals surface area contributed by atoms with Crippen LogP contribution in [0.25, 0.3) is 22.2 Å². The molecule has 2 aliphatic carbocycles.